The van der Waals surface area contributed by atoms with E-state index in [2.05, 4.69) is 5.32 Å². The molecule has 1 aromatic carbocycles. The highest BCUT2D eigenvalue weighted by Gasteiger charge is 2.05. The van der Waals surface area contributed by atoms with Crippen LogP contribution in [0.2, 0.25) is 0 Å². The molecule has 0 bridgehead atoms. The summed E-state index contributed by atoms with van der Waals surface area (Å²) in [5.41, 5.74) is 8.14. The predicted octanol–water partition coefficient (Wildman–Crippen LogP) is 2.02. The summed E-state index contributed by atoms with van der Waals surface area (Å²) in [5, 5.41) is 11.5. The lowest BCUT2D eigenvalue weighted by Gasteiger charge is -2.09. The van der Waals surface area contributed by atoms with Gasteiger partial charge in [-0.3, -0.25) is 4.79 Å². The van der Waals surface area contributed by atoms with Crippen molar-refractivity contribution in [3.8, 4) is 0 Å². The Morgan fingerprint density at radius 1 is 1.44 bits per heavy atom. The molecular weight excluding hydrogens is 248 g/mol. The normalized spacial score (nSPS) is 10.3. The SMILES string of the molecule is Cc1c(N)cccc1NC(=O)CCCSCCO. The zero-order chi connectivity index (χ0) is 13.4. The number of benzene rings is 1. The van der Waals surface area contributed by atoms with Crippen LogP contribution in [0.15, 0.2) is 18.2 Å². The summed E-state index contributed by atoms with van der Waals surface area (Å²) in [5.74, 6) is 1.63. The van der Waals surface area contributed by atoms with E-state index in [1.807, 2.05) is 25.1 Å². The molecule has 0 aliphatic rings. The van der Waals surface area contributed by atoms with E-state index in [4.69, 9.17) is 10.8 Å². The van der Waals surface area contributed by atoms with Gasteiger partial charge in [0.05, 0.1) is 6.61 Å². The van der Waals surface area contributed by atoms with Gasteiger partial charge in [0, 0.05) is 23.5 Å². The van der Waals surface area contributed by atoms with E-state index in [-0.39, 0.29) is 12.5 Å². The fraction of sp³-hybridized carbons (Fsp3) is 0.462. The number of hydrogen-bond acceptors (Lipinski definition) is 4. The molecule has 0 fully saturated rings. The van der Waals surface area contributed by atoms with Gasteiger partial charge in [0.15, 0.2) is 0 Å². The molecule has 5 heteroatoms. The average Bonchev–Trinajstić information content (AvgIpc) is 2.35. The first-order chi connectivity index (χ1) is 8.65. The summed E-state index contributed by atoms with van der Waals surface area (Å²) >= 11 is 1.66. The summed E-state index contributed by atoms with van der Waals surface area (Å²) in [7, 11) is 0. The molecule has 100 valence electrons. The molecule has 4 N–H and O–H groups in total. The molecule has 0 aliphatic heterocycles. The van der Waals surface area contributed by atoms with Gasteiger partial charge < -0.3 is 16.2 Å². The average molecular weight is 268 g/mol. The third-order valence-corrected chi connectivity index (χ3v) is 3.63. The van der Waals surface area contributed by atoms with Gasteiger partial charge in [0.1, 0.15) is 0 Å². The van der Waals surface area contributed by atoms with Crippen molar-refractivity contribution in [2.24, 2.45) is 0 Å². The largest absolute Gasteiger partial charge is 0.398 e. The zero-order valence-corrected chi connectivity index (χ0v) is 11.4. The molecule has 1 aromatic rings. The van der Waals surface area contributed by atoms with Gasteiger partial charge in [-0.25, -0.2) is 0 Å². The maximum absolute atomic E-state index is 11.7. The Kier molecular flexibility index (Phi) is 6.60. The van der Waals surface area contributed by atoms with E-state index < -0.39 is 0 Å². The molecule has 4 nitrogen and oxygen atoms in total. The second kappa shape index (κ2) is 8.00. The van der Waals surface area contributed by atoms with Crippen LogP contribution < -0.4 is 11.1 Å². The van der Waals surface area contributed by atoms with E-state index in [1.54, 1.807) is 11.8 Å². The summed E-state index contributed by atoms with van der Waals surface area (Å²) in [6.07, 6.45) is 1.31. The van der Waals surface area contributed by atoms with Gasteiger partial charge in [-0.05, 0) is 36.8 Å². The standard InChI is InChI=1S/C13H20N2O2S/c1-10-11(14)4-2-5-12(10)15-13(17)6-3-8-18-9-7-16/h2,4-5,16H,3,6-9,14H2,1H3,(H,15,17). The van der Waals surface area contributed by atoms with E-state index in [0.717, 1.165) is 29.2 Å². The molecule has 0 aromatic heterocycles. The molecule has 0 saturated carbocycles. The summed E-state index contributed by atoms with van der Waals surface area (Å²) in [6, 6.07) is 5.50. The second-order valence-corrected chi connectivity index (χ2v) is 5.23. The minimum absolute atomic E-state index is 0.00768. The number of aliphatic hydroxyl groups excluding tert-OH is 1. The third kappa shape index (κ3) is 4.98. The fourth-order valence-electron chi connectivity index (χ4n) is 1.50. The lowest BCUT2D eigenvalue weighted by atomic mass is 10.1. The Morgan fingerprint density at radius 3 is 2.94 bits per heavy atom. The van der Waals surface area contributed by atoms with Crippen LogP contribution in [0.3, 0.4) is 0 Å². The maximum atomic E-state index is 11.7. The van der Waals surface area contributed by atoms with Crippen molar-refractivity contribution in [3.63, 3.8) is 0 Å². The fourth-order valence-corrected chi connectivity index (χ4v) is 2.18. The van der Waals surface area contributed by atoms with Crippen molar-refractivity contribution in [3.05, 3.63) is 23.8 Å². The number of nitrogens with two attached hydrogens (primary N) is 1. The molecule has 1 rings (SSSR count). The Balaban J connectivity index is 2.34. The number of aliphatic hydroxyl groups is 1. The molecular formula is C13H20N2O2S. The molecule has 0 atom stereocenters. The summed E-state index contributed by atoms with van der Waals surface area (Å²) in [4.78, 5) is 11.7. The number of carbonyl (C=O) groups is 1. The Labute approximate surface area is 112 Å². The Hall–Kier alpha value is -1.20. The molecule has 0 heterocycles. The van der Waals surface area contributed by atoms with Crippen LogP contribution in [0.4, 0.5) is 11.4 Å². The van der Waals surface area contributed by atoms with Crippen LogP contribution >= 0.6 is 11.8 Å². The number of thioether (sulfide) groups is 1. The van der Waals surface area contributed by atoms with Crippen molar-refractivity contribution >= 4 is 29.0 Å². The lowest BCUT2D eigenvalue weighted by Crippen LogP contribution is -2.13. The molecule has 0 unspecified atom stereocenters. The topological polar surface area (TPSA) is 75.3 Å². The third-order valence-electron chi connectivity index (χ3n) is 2.58. The van der Waals surface area contributed by atoms with Gasteiger partial charge in [-0.2, -0.15) is 11.8 Å². The first-order valence-electron chi connectivity index (χ1n) is 5.98. The minimum Gasteiger partial charge on any atom is -0.398 e. The van der Waals surface area contributed by atoms with Crippen LogP contribution in [-0.2, 0) is 4.79 Å². The molecule has 0 radical (unpaired) electrons. The first kappa shape index (κ1) is 14.9. The zero-order valence-electron chi connectivity index (χ0n) is 10.6. The number of rotatable bonds is 7. The van der Waals surface area contributed by atoms with Crippen LogP contribution in [0.5, 0.6) is 0 Å². The highest BCUT2D eigenvalue weighted by molar-refractivity contribution is 7.99. The van der Waals surface area contributed by atoms with Gasteiger partial charge in [-0.1, -0.05) is 6.07 Å². The molecule has 0 aliphatic carbocycles. The van der Waals surface area contributed by atoms with Crippen LogP contribution in [-0.4, -0.2) is 29.1 Å². The number of anilines is 2. The lowest BCUT2D eigenvalue weighted by molar-refractivity contribution is -0.116. The maximum Gasteiger partial charge on any atom is 0.224 e. The number of hydrogen-bond donors (Lipinski definition) is 3. The van der Waals surface area contributed by atoms with Crippen molar-refractivity contribution in [1.29, 1.82) is 0 Å². The molecule has 1 amide bonds. The van der Waals surface area contributed by atoms with Crippen molar-refractivity contribution in [2.75, 3.05) is 29.2 Å². The van der Waals surface area contributed by atoms with Crippen molar-refractivity contribution in [1.82, 2.24) is 0 Å². The minimum atomic E-state index is 0.00768. The molecule has 0 saturated heterocycles. The smallest absolute Gasteiger partial charge is 0.224 e. The summed E-state index contributed by atoms with van der Waals surface area (Å²) in [6.45, 7) is 2.08. The van der Waals surface area contributed by atoms with Crippen LogP contribution in [0, 0.1) is 6.92 Å². The number of nitrogens with one attached hydrogen (secondary N) is 1. The number of nitrogen functional groups attached to an aromatic ring is 1. The molecule has 18 heavy (non-hydrogen) atoms. The monoisotopic (exact) mass is 268 g/mol. The van der Waals surface area contributed by atoms with Gasteiger partial charge in [0.2, 0.25) is 5.91 Å². The Morgan fingerprint density at radius 2 is 2.22 bits per heavy atom. The quantitative estimate of drug-likeness (QED) is 0.522. The number of amides is 1. The van der Waals surface area contributed by atoms with E-state index in [1.165, 1.54) is 0 Å². The van der Waals surface area contributed by atoms with E-state index in [0.29, 0.717) is 12.1 Å². The first-order valence-corrected chi connectivity index (χ1v) is 7.14. The van der Waals surface area contributed by atoms with Crippen molar-refractivity contribution in [2.45, 2.75) is 19.8 Å². The van der Waals surface area contributed by atoms with Gasteiger partial charge >= 0.3 is 0 Å². The van der Waals surface area contributed by atoms with Gasteiger partial charge in [0.25, 0.3) is 0 Å². The van der Waals surface area contributed by atoms with Crippen molar-refractivity contribution < 1.29 is 9.90 Å². The Bertz CT molecular complexity index is 397. The molecule has 0 spiro atoms. The van der Waals surface area contributed by atoms with Gasteiger partial charge in [-0.15, -0.1) is 0 Å². The highest BCUT2D eigenvalue weighted by Crippen LogP contribution is 2.20. The van der Waals surface area contributed by atoms with Crippen LogP contribution in [0.1, 0.15) is 18.4 Å². The van der Waals surface area contributed by atoms with Crippen LogP contribution in [0.25, 0.3) is 0 Å². The predicted molar refractivity (Wildman–Crippen MR) is 77.9 cm³/mol. The number of carbonyl (C=O) groups excluding carboxylic acids is 1. The van der Waals surface area contributed by atoms with E-state index >= 15 is 0 Å². The summed E-state index contributed by atoms with van der Waals surface area (Å²) < 4.78 is 0. The van der Waals surface area contributed by atoms with E-state index in [9.17, 15) is 4.79 Å². The second-order valence-electron chi connectivity index (χ2n) is 4.01. The highest BCUT2D eigenvalue weighted by atomic mass is 32.2.